The molecule has 0 N–H and O–H groups in total. The number of hydrogen-bond donors (Lipinski definition) is 0. The van der Waals surface area contributed by atoms with Gasteiger partial charge < -0.3 is 14.7 Å². The van der Waals surface area contributed by atoms with E-state index in [0.29, 0.717) is 0 Å². The van der Waals surface area contributed by atoms with Gasteiger partial charge in [-0.2, -0.15) is 0 Å². The van der Waals surface area contributed by atoms with Crippen LogP contribution in [-0.2, 0) is 6.54 Å². The van der Waals surface area contributed by atoms with E-state index in [9.17, 15) is 0 Å². The number of hydrogen-bond acceptors (Lipinski definition) is 6. The van der Waals surface area contributed by atoms with Gasteiger partial charge in [0.25, 0.3) is 0 Å². The van der Waals surface area contributed by atoms with Crippen LogP contribution in [0.25, 0.3) is 21.3 Å². The molecule has 0 atom stereocenters. The SMILES string of the molecule is CCN1CCN(c2nc(CN(C)C)nc3scc(-c4ccccc4)c23)CC1. The van der Waals surface area contributed by atoms with E-state index in [0.717, 1.165) is 55.7 Å². The fourth-order valence-corrected chi connectivity index (χ4v) is 4.62. The van der Waals surface area contributed by atoms with Gasteiger partial charge in [-0.15, -0.1) is 11.3 Å². The lowest BCUT2D eigenvalue weighted by molar-refractivity contribution is 0.270. The highest BCUT2D eigenvalue weighted by Crippen LogP contribution is 2.38. The molecule has 0 amide bonds. The van der Waals surface area contributed by atoms with Crippen molar-refractivity contribution in [2.24, 2.45) is 0 Å². The minimum absolute atomic E-state index is 0.760. The van der Waals surface area contributed by atoms with Gasteiger partial charge >= 0.3 is 0 Å². The maximum absolute atomic E-state index is 5.04. The van der Waals surface area contributed by atoms with Gasteiger partial charge in [0.1, 0.15) is 16.5 Å². The molecular weight excluding hydrogens is 354 g/mol. The van der Waals surface area contributed by atoms with E-state index < -0.39 is 0 Å². The van der Waals surface area contributed by atoms with Gasteiger partial charge in [-0.1, -0.05) is 37.3 Å². The van der Waals surface area contributed by atoms with Crippen molar-refractivity contribution in [1.82, 2.24) is 19.8 Å². The van der Waals surface area contributed by atoms with Crippen molar-refractivity contribution in [1.29, 1.82) is 0 Å². The van der Waals surface area contributed by atoms with Crippen LogP contribution in [0.5, 0.6) is 0 Å². The molecule has 142 valence electrons. The summed E-state index contributed by atoms with van der Waals surface area (Å²) in [6.07, 6.45) is 0. The van der Waals surface area contributed by atoms with Crippen molar-refractivity contribution in [3.63, 3.8) is 0 Å². The largest absolute Gasteiger partial charge is 0.353 e. The summed E-state index contributed by atoms with van der Waals surface area (Å²) in [5.74, 6) is 2.01. The third-order valence-corrected chi connectivity index (χ3v) is 5.99. The molecule has 3 heterocycles. The van der Waals surface area contributed by atoms with Crippen LogP contribution in [-0.4, -0.2) is 66.6 Å². The van der Waals surface area contributed by atoms with E-state index in [1.54, 1.807) is 11.3 Å². The van der Waals surface area contributed by atoms with E-state index in [-0.39, 0.29) is 0 Å². The molecule has 1 saturated heterocycles. The van der Waals surface area contributed by atoms with Crippen LogP contribution in [0, 0.1) is 0 Å². The summed E-state index contributed by atoms with van der Waals surface area (Å²) in [5, 5.41) is 3.44. The van der Waals surface area contributed by atoms with Gasteiger partial charge in [-0.3, -0.25) is 0 Å². The Morgan fingerprint density at radius 2 is 1.78 bits per heavy atom. The zero-order valence-corrected chi connectivity index (χ0v) is 17.2. The van der Waals surface area contributed by atoms with Gasteiger partial charge in [0.2, 0.25) is 0 Å². The second-order valence-corrected chi connectivity index (χ2v) is 8.18. The number of anilines is 1. The topological polar surface area (TPSA) is 35.5 Å². The van der Waals surface area contributed by atoms with E-state index in [2.05, 4.69) is 71.4 Å². The molecule has 3 aromatic rings. The van der Waals surface area contributed by atoms with Gasteiger partial charge in [-0.25, -0.2) is 9.97 Å². The Balaban J connectivity index is 1.81. The van der Waals surface area contributed by atoms with Crippen LogP contribution in [0.4, 0.5) is 5.82 Å². The second-order valence-electron chi connectivity index (χ2n) is 7.32. The molecule has 0 aliphatic carbocycles. The maximum atomic E-state index is 5.04. The zero-order chi connectivity index (χ0) is 18.8. The number of likely N-dealkylation sites (N-methyl/N-ethyl adjacent to an activating group) is 1. The first kappa shape index (κ1) is 18.3. The van der Waals surface area contributed by atoms with Gasteiger partial charge in [0.05, 0.1) is 11.9 Å². The second kappa shape index (κ2) is 7.92. The first-order valence-corrected chi connectivity index (χ1v) is 10.5. The minimum atomic E-state index is 0.760. The van der Waals surface area contributed by atoms with Gasteiger partial charge in [-0.05, 0) is 26.2 Å². The maximum Gasteiger partial charge on any atom is 0.146 e. The third-order valence-electron chi connectivity index (χ3n) is 5.12. The van der Waals surface area contributed by atoms with Gasteiger partial charge in [0, 0.05) is 37.1 Å². The number of piperazine rings is 1. The van der Waals surface area contributed by atoms with Crippen LogP contribution < -0.4 is 4.90 Å². The fraction of sp³-hybridized carbons (Fsp3) is 0.429. The van der Waals surface area contributed by atoms with Crippen molar-refractivity contribution < 1.29 is 0 Å². The van der Waals surface area contributed by atoms with Crippen LogP contribution in [0.15, 0.2) is 35.7 Å². The van der Waals surface area contributed by atoms with E-state index in [1.165, 1.54) is 16.5 Å². The number of nitrogens with zero attached hydrogens (tertiary/aromatic N) is 5. The molecule has 1 fully saturated rings. The first-order chi connectivity index (χ1) is 13.2. The molecule has 0 radical (unpaired) electrons. The lowest BCUT2D eigenvalue weighted by Gasteiger charge is -2.35. The summed E-state index contributed by atoms with van der Waals surface area (Å²) in [7, 11) is 4.13. The molecule has 27 heavy (non-hydrogen) atoms. The summed E-state index contributed by atoms with van der Waals surface area (Å²) in [6.45, 7) is 8.34. The number of thiophene rings is 1. The highest BCUT2D eigenvalue weighted by atomic mass is 32.1. The van der Waals surface area contributed by atoms with Crippen LogP contribution in [0.3, 0.4) is 0 Å². The number of aromatic nitrogens is 2. The summed E-state index contributed by atoms with van der Waals surface area (Å²) < 4.78 is 0. The van der Waals surface area contributed by atoms with E-state index in [4.69, 9.17) is 9.97 Å². The summed E-state index contributed by atoms with van der Waals surface area (Å²) in [4.78, 5) is 18.1. The standard InChI is InChI=1S/C21H27N5S/c1-4-25-10-12-26(13-11-25)20-19-17(16-8-6-5-7-9-16)15-27-21(19)23-18(22-20)14-24(2)3/h5-9,15H,4,10-14H2,1-3H3. The Morgan fingerprint density at radius 3 is 2.44 bits per heavy atom. The van der Waals surface area contributed by atoms with E-state index in [1.807, 2.05) is 0 Å². The molecule has 1 aliphatic rings. The summed E-state index contributed by atoms with van der Waals surface area (Å²) >= 11 is 1.73. The highest BCUT2D eigenvalue weighted by molar-refractivity contribution is 7.17. The van der Waals surface area contributed by atoms with Crippen molar-refractivity contribution in [2.45, 2.75) is 13.5 Å². The summed E-state index contributed by atoms with van der Waals surface area (Å²) in [6, 6.07) is 10.6. The Labute approximate surface area is 165 Å². The van der Waals surface area contributed by atoms with Crippen molar-refractivity contribution in [2.75, 3.05) is 51.7 Å². The summed E-state index contributed by atoms with van der Waals surface area (Å²) in [5.41, 5.74) is 2.49. The number of benzene rings is 1. The normalized spacial score (nSPS) is 15.8. The Morgan fingerprint density at radius 1 is 1.04 bits per heavy atom. The predicted molar refractivity (Wildman–Crippen MR) is 115 cm³/mol. The van der Waals surface area contributed by atoms with Crippen molar-refractivity contribution in [3.8, 4) is 11.1 Å². The molecule has 1 aromatic carbocycles. The minimum Gasteiger partial charge on any atom is -0.353 e. The van der Waals surface area contributed by atoms with Crippen LogP contribution >= 0.6 is 11.3 Å². The Kier molecular flexibility index (Phi) is 5.38. The molecule has 1 aliphatic heterocycles. The third kappa shape index (κ3) is 3.83. The molecular formula is C21H27N5S. The smallest absolute Gasteiger partial charge is 0.146 e. The molecule has 0 unspecified atom stereocenters. The fourth-order valence-electron chi connectivity index (χ4n) is 3.65. The molecule has 6 heteroatoms. The monoisotopic (exact) mass is 381 g/mol. The first-order valence-electron chi connectivity index (χ1n) is 9.61. The Bertz CT molecular complexity index is 898. The lowest BCUT2D eigenvalue weighted by atomic mass is 10.1. The average Bonchev–Trinajstić information content (AvgIpc) is 3.11. The zero-order valence-electron chi connectivity index (χ0n) is 16.4. The Hall–Kier alpha value is -2.02. The predicted octanol–water partition coefficient (Wildman–Crippen LogP) is 3.56. The molecule has 2 aromatic heterocycles. The average molecular weight is 382 g/mol. The van der Waals surface area contributed by atoms with Gasteiger partial charge in [0.15, 0.2) is 0 Å². The van der Waals surface area contributed by atoms with E-state index >= 15 is 0 Å². The molecule has 0 bridgehead atoms. The lowest BCUT2D eigenvalue weighted by Crippen LogP contribution is -2.46. The molecule has 5 nitrogen and oxygen atoms in total. The number of rotatable bonds is 5. The molecule has 0 spiro atoms. The number of fused-ring (bicyclic) bond motifs is 1. The quantitative estimate of drug-likeness (QED) is 0.675. The van der Waals surface area contributed by atoms with Crippen molar-refractivity contribution >= 4 is 27.4 Å². The van der Waals surface area contributed by atoms with Crippen molar-refractivity contribution in [3.05, 3.63) is 41.5 Å². The molecule has 0 saturated carbocycles. The van der Waals surface area contributed by atoms with Crippen LogP contribution in [0.2, 0.25) is 0 Å². The van der Waals surface area contributed by atoms with Crippen LogP contribution in [0.1, 0.15) is 12.7 Å². The molecule has 4 rings (SSSR count). The highest BCUT2D eigenvalue weighted by Gasteiger charge is 2.23.